The molecule has 1 unspecified atom stereocenters. The Morgan fingerprint density at radius 1 is 1.06 bits per heavy atom. The summed E-state index contributed by atoms with van der Waals surface area (Å²) >= 11 is 0. The molecule has 2 nitrogen and oxygen atoms in total. The molecule has 1 N–H and O–H groups in total. The van der Waals surface area contributed by atoms with Crippen molar-refractivity contribution in [2.24, 2.45) is 0 Å². The lowest BCUT2D eigenvalue weighted by Crippen LogP contribution is -2.59. The maximum absolute atomic E-state index is 13.4. The molecule has 0 aliphatic carbocycles. The molecule has 1 fully saturated rings. The molecule has 1 radical (unpaired) electrons. The molecule has 1 aliphatic heterocycles. The summed E-state index contributed by atoms with van der Waals surface area (Å²) in [5.74, 6) is 0. The number of hydrogen-bond donors (Lipinski definition) is 1. The van der Waals surface area contributed by atoms with E-state index in [0.29, 0.717) is 26.2 Å². The van der Waals surface area contributed by atoms with Gasteiger partial charge >= 0.3 is 6.18 Å². The minimum atomic E-state index is -4.40. The van der Waals surface area contributed by atoms with Crippen LogP contribution >= 0.6 is 0 Å². The predicted octanol–water partition coefficient (Wildman–Crippen LogP) is 2.18. The highest BCUT2D eigenvalue weighted by atomic mass is 19.4. The summed E-state index contributed by atoms with van der Waals surface area (Å²) in [5.41, 5.74) is -1.96. The van der Waals surface area contributed by atoms with E-state index in [-0.39, 0.29) is 5.56 Å². The first-order valence-corrected chi connectivity index (χ1v) is 5.89. The van der Waals surface area contributed by atoms with Gasteiger partial charge in [-0.05, 0) is 12.5 Å². The zero-order valence-electron chi connectivity index (χ0n) is 10.0. The Morgan fingerprint density at radius 3 is 2.11 bits per heavy atom. The molecule has 1 aromatic rings. The number of benzene rings is 1. The predicted molar refractivity (Wildman–Crippen MR) is 64.0 cm³/mol. The fraction of sp³-hybridized carbons (Fsp3) is 0.462. The minimum absolute atomic E-state index is 0.194. The number of alkyl halides is 3. The molecular formula is C13H16F3N2. The van der Waals surface area contributed by atoms with Crippen molar-refractivity contribution in [1.29, 1.82) is 0 Å². The zero-order valence-corrected chi connectivity index (χ0v) is 10.0. The molecule has 1 heterocycles. The molecule has 1 aromatic carbocycles. The SMILES string of the molecule is [CH2]C(c1ccccc1)(N1CCNCC1)C(F)(F)F. The van der Waals surface area contributed by atoms with Gasteiger partial charge in [-0.2, -0.15) is 13.2 Å². The van der Waals surface area contributed by atoms with Crippen LogP contribution in [0.4, 0.5) is 13.2 Å². The molecule has 1 atom stereocenters. The van der Waals surface area contributed by atoms with Gasteiger partial charge in [-0.1, -0.05) is 30.3 Å². The summed E-state index contributed by atoms with van der Waals surface area (Å²) in [7, 11) is 0. The number of rotatable bonds is 2. The van der Waals surface area contributed by atoms with Gasteiger partial charge in [-0.25, -0.2) is 0 Å². The second kappa shape index (κ2) is 4.90. The average Bonchev–Trinajstić information content (AvgIpc) is 2.38. The smallest absolute Gasteiger partial charge is 0.314 e. The number of hydrogen-bond acceptors (Lipinski definition) is 2. The molecule has 0 aromatic heterocycles. The molecule has 1 aliphatic rings. The van der Waals surface area contributed by atoms with Crippen LogP contribution in [0.5, 0.6) is 0 Å². The maximum Gasteiger partial charge on any atom is 0.411 e. The van der Waals surface area contributed by atoms with E-state index in [1.807, 2.05) is 0 Å². The van der Waals surface area contributed by atoms with Crippen molar-refractivity contribution < 1.29 is 13.2 Å². The quantitative estimate of drug-likeness (QED) is 0.873. The normalized spacial score (nSPS) is 21.6. The Labute approximate surface area is 105 Å². The topological polar surface area (TPSA) is 15.3 Å². The molecule has 5 heteroatoms. The average molecular weight is 257 g/mol. The summed E-state index contributed by atoms with van der Waals surface area (Å²) in [5, 5.41) is 3.05. The fourth-order valence-corrected chi connectivity index (χ4v) is 2.29. The van der Waals surface area contributed by atoms with Crippen LogP contribution in [0, 0.1) is 6.92 Å². The van der Waals surface area contributed by atoms with Crippen LogP contribution in [0.1, 0.15) is 5.56 Å². The summed E-state index contributed by atoms with van der Waals surface area (Å²) in [6.45, 7) is 5.31. The van der Waals surface area contributed by atoms with Crippen molar-refractivity contribution in [1.82, 2.24) is 10.2 Å². The summed E-state index contributed by atoms with van der Waals surface area (Å²) in [6, 6.07) is 7.91. The molecule has 0 amide bonds. The largest absolute Gasteiger partial charge is 0.411 e. The Morgan fingerprint density at radius 2 is 1.61 bits per heavy atom. The van der Waals surface area contributed by atoms with E-state index in [0.717, 1.165) is 0 Å². The van der Waals surface area contributed by atoms with E-state index in [1.165, 1.54) is 17.0 Å². The van der Waals surface area contributed by atoms with Gasteiger partial charge in [0.05, 0.1) is 0 Å². The summed E-state index contributed by atoms with van der Waals surface area (Å²) in [4.78, 5) is 1.40. The van der Waals surface area contributed by atoms with E-state index in [9.17, 15) is 13.2 Å². The standard InChI is InChI=1S/C13H16F3N2/c1-12(13(14,15)16,11-5-3-2-4-6-11)18-9-7-17-8-10-18/h2-6,17H,1,7-10H2. The summed E-state index contributed by atoms with van der Waals surface area (Å²) < 4.78 is 40.3. The van der Waals surface area contributed by atoms with Crippen LogP contribution in [0.3, 0.4) is 0 Å². The molecular weight excluding hydrogens is 241 g/mol. The van der Waals surface area contributed by atoms with Gasteiger partial charge < -0.3 is 5.32 Å². The van der Waals surface area contributed by atoms with E-state index in [1.54, 1.807) is 18.2 Å². The molecule has 0 spiro atoms. The minimum Gasteiger partial charge on any atom is -0.314 e. The number of halogens is 3. The van der Waals surface area contributed by atoms with Gasteiger partial charge in [-0.15, -0.1) is 0 Å². The van der Waals surface area contributed by atoms with Crippen molar-refractivity contribution in [3.8, 4) is 0 Å². The van der Waals surface area contributed by atoms with Gasteiger partial charge in [0.2, 0.25) is 0 Å². The highest BCUT2D eigenvalue weighted by Crippen LogP contribution is 2.43. The number of piperazine rings is 1. The van der Waals surface area contributed by atoms with E-state index >= 15 is 0 Å². The molecule has 0 bridgehead atoms. The van der Waals surface area contributed by atoms with Gasteiger partial charge in [0.25, 0.3) is 0 Å². The molecule has 1 saturated heterocycles. The van der Waals surface area contributed by atoms with E-state index in [2.05, 4.69) is 12.2 Å². The lowest BCUT2D eigenvalue weighted by Gasteiger charge is -2.44. The highest BCUT2D eigenvalue weighted by Gasteiger charge is 2.56. The molecule has 18 heavy (non-hydrogen) atoms. The third kappa shape index (κ3) is 2.24. The van der Waals surface area contributed by atoms with Crippen LogP contribution in [-0.2, 0) is 5.54 Å². The van der Waals surface area contributed by atoms with Crippen molar-refractivity contribution in [3.05, 3.63) is 42.8 Å². The van der Waals surface area contributed by atoms with Crippen molar-refractivity contribution in [2.75, 3.05) is 26.2 Å². The van der Waals surface area contributed by atoms with Gasteiger partial charge in [0.15, 0.2) is 0 Å². The van der Waals surface area contributed by atoms with Crippen LogP contribution in [0.25, 0.3) is 0 Å². The Balaban J connectivity index is 2.40. The van der Waals surface area contributed by atoms with Crippen LogP contribution in [0.2, 0.25) is 0 Å². The van der Waals surface area contributed by atoms with Crippen LogP contribution in [-0.4, -0.2) is 37.3 Å². The number of nitrogens with zero attached hydrogens (tertiary/aromatic N) is 1. The van der Waals surface area contributed by atoms with Gasteiger partial charge in [0.1, 0.15) is 5.54 Å². The van der Waals surface area contributed by atoms with Crippen LogP contribution in [0.15, 0.2) is 30.3 Å². The summed E-state index contributed by atoms with van der Waals surface area (Å²) in [6.07, 6.45) is -4.40. The first-order chi connectivity index (χ1) is 8.46. The lowest BCUT2D eigenvalue weighted by atomic mass is 9.88. The molecule has 0 saturated carbocycles. The first-order valence-electron chi connectivity index (χ1n) is 5.89. The van der Waals surface area contributed by atoms with Crippen molar-refractivity contribution in [2.45, 2.75) is 11.7 Å². The third-order valence-electron chi connectivity index (χ3n) is 3.38. The van der Waals surface area contributed by atoms with Crippen molar-refractivity contribution in [3.63, 3.8) is 0 Å². The van der Waals surface area contributed by atoms with E-state index in [4.69, 9.17) is 0 Å². The monoisotopic (exact) mass is 257 g/mol. The van der Waals surface area contributed by atoms with E-state index < -0.39 is 11.7 Å². The van der Waals surface area contributed by atoms with Gasteiger partial charge in [-0.3, -0.25) is 4.90 Å². The molecule has 2 rings (SSSR count). The van der Waals surface area contributed by atoms with Crippen LogP contribution < -0.4 is 5.32 Å². The van der Waals surface area contributed by atoms with Crippen molar-refractivity contribution >= 4 is 0 Å². The Hall–Kier alpha value is -1.07. The fourth-order valence-electron chi connectivity index (χ4n) is 2.29. The number of nitrogens with one attached hydrogen (secondary N) is 1. The zero-order chi connectivity index (χ0) is 13.2. The lowest BCUT2D eigenvalue weighted by molar-refractivity contribution is -0.222. The first kappa shape index (κ1) is 13.4. The highest BCUT2D eigenvalue weighted by molar-refractivity contribution is 5.28. The second-order valence-electron chi connectivity index (χ2n) is 4.46. The van der Waals surface area contributed by atoms with Gasteiger partial charge in [0, 0.05) is 26.2 Å². The second-order valence-corrected chi connectivity index (χ2v) is 4.46. The Bertz CT molecular complexity index is 385. The third-order valence-corrected chi connectivity index (χ3v) is 3.38. The molecule has 99 valence electrons. The maximum atomic E-state index is 13.4. The Kier molecular flexibility index (Phi) is 3.64.